The molecule has 1 unspecified atom stereocenters. The van der Waals surface area contributed by atoms with Crippen LogP contribution in [0.5, 0.6) is 0 Å². The Labute approximate surface area is 183 Å². The van der Waals surface area contributed by atoms with Crippen LogP contribution in [-0.4, -0.2) is 38.6 Å². The van der Waals surface area contributed by atoms with Crippen LogP contribution in [0.4, 0.5) is 5.82 Å². The lowest BCUT2D eigenvalue weighted by Crippen LogP contribution is -2.15. The number of aliphatic hydroxyl groups excluding tert-OH is 1. The van der Waals surface area contributed by atoms with Crippen molar-refractivity contribution >= 4 is 22.9 Å². The predicted octanol–water partition coefficient (Wildman–Crippen LogP) is 4.77. The quantitative estimate of drug-likeness (QED) is 0.455. The van der Waals surface area contributed by atoms with Gasteiger partial charge in [-0.05, 0) is 47.9 Å². The first kappa shape index (κ1) is 23.8. The lowest BCUT2D eigenvalue weighted by molar-refractivity contribution is 0.104. The summed E-state index contributed by atoms with van der Waals surface area (Å²) in [4.78, 5) is 21.9. The standard InChI is InChI=1S/C21H26N4O2S.C2H6/c1-3-16(12-26)4-6-23-21-18(9-22-14-24-21)20(27)19-8-17(13-28-19)11-25-7-5-15(2)10-25;1-2/h5,7-10,13-14,16,26H,3-4,6,11-12H2,1-2H3,(H,22,23,24);1-2H3. The minimum Gasteiger partial charge on any atom is -0.396 e. The molecule has 0 aromatic carbocycles. The van der Waals surface area contributed by atoms with Gasteiger partial charge in [-0.2, -0.15) is 0 Å². The Bertz CT molecular complexity index is 915. The van der Waals surface area contributed by atoms with Crippen LogP contribution in [0.25, 0.3) is 0 Å². The topological polar surface area (TPSA) is 80.0 Å². The Kier molecular flexibility index (Phi) is 9.70. The number of nitrogens with zero attached hydrogens (tertiary/aromatic N) is 3. The molecule has 3 aromatic heterocycles. The van der Waals surface area contributed by atoms with Crippen molar-refractivity contribution in [2.75, 3.05) is 18.5 Å². The van der Waals surface area contributed by atoms with Gasteiger partial charge in [-0.25, -0.2) is 9.97 Å². The highest BCUT2D eigenvalue weighted by molar-refractivity contribution is 7.12. The van der Waals surface area contributed by atoms with Gasteiger partial charge in [0.25, 0.3) is 0 Å². The largest absolute Gasteiger partial charge is 0.396 e. The molecule has 3 rings (SSSR count). The summed E-state index contributed by atoms with van der Waals surface area (Å²) in [6, 6.07) is 4.01. The van der Waals surface area contributed by atoms with Crippen LogP contribution in [-0.2, 0) is 6.54 Å². The lowest BCUT2D eigenvalue weighted by Gasteiger charge is -2.13. The Balaban J connectivity index is 0.00000155. The highest BCUT2D eigenvalue weighted by Gasteiger charge is 2.17. The SMILES string of the molecule is CC.CCC(CO)CCNc1ncncc1C(=O)c1cc(Cn2ccc(C)c2)cs1. The molecule has 3 aromatic rings. The molecule has 0 bridgehead atoms. The van der Waals surface area contributed by atoms with E-state index in [0.29, 0.717) is 22.8 Å². The molecule has 0 radical (unpaired) electrons. The predicted molar refractivity (Wildman–Crippen MR) is 123 cm³/mol. The van der Waals surface area contributed by atoms with E-state index in [-0.39, 0.29) is 18.3 Å². The third-order valence-corrected chi connectivity index (χ3v) is 5.76. The number of carbonyl (C=O) groups is 1. The molecular weight excluding hydrogens is 396 g/mol. The molecule has 7 heteroatoms. The number of thiophene rings is 1. The molecule has 162 valence electrons. The second-order valence-corrected chi connectivity index (χ2v) is 7.88. The third-order valence-electron chi connectivity index (χ3n) is 4.78. The van der Waals surface area contributed by atoms with Crippen molar-refractivity contribution < 1.29 is 9.90 Å². The van der Waals surface area contributed by atoms with Gasteiger partial charge in [-0.3, -0.25) is 4.79 Å². The summed E-state index contributed by atoms with van der Waals surface area (Å²) in [5.41, 5.74) is 2.80. The van der Waals surface area contributed by atoms with E-state index >= 15 is 0 Å². The lowest BCUT2D eigenvalue weighted by atomic mass is 10.0. The number of aliphatic hydroxyl groups is 1. The van der Waals surface area contributed by atoms with Crippen molar-refractivity contribution in [2.24, 2.45) is 5.92 Å². The van der Waals surface area contributed by atoms with Crippen LogP contribution in [0.2, 0.25) is 0 Å². The normalized spacial score (nSPS) is 11.5. The van der Waals surface area contributed by atoms with Gasteiger partial charge in [0.2, 0.25) is 5.78 Å². The second kappa shape index (κ2) is 12.2. The number of hydrogen-bond acceptors (Lipinski definition) is 6. The summed E-state index contributed by atoms with van der Waals surface area (Å²) in [5.74, 6) is 0.728. The molecule has 0 aliphatic heterocycles. The first-order valence-electron chi connectivity index (χ1n) is 10.5. The van der Waals surface area contributed by atoms with Gasteiger partial charge in [0.05, 0.1) is 10.4 Å². The van der Waals surface area contributed by atoms with E-state index in [1.165, 1.54) is 23.2 Å². The van der Waals surface area contributed by atoms with E-state index in [1.54, 1.807) is 6.20 Å². The molecule has 0 saturated carbocycles. The summed E-state index contributed by atoms with van der Waals surface area (Å²) < 4.78 is 2.11. The zero-order valence-corrected chi connectivity index (χ0v) is 19.1. The maximum absolute atomic E-state index is 13.0. The number of carbonyl (C=O) groups excluding carboxylic acids is 1. The van der Waals surface area contributed by atoms with Crippen molar-refractivity contribution in [2.45, 2.75) is 47.1 Å². The van der Waals surface area contributed by atoms with Crippen LogP contribution in [0, 0.1) is 12.8 Å². The van der Waals surface area contributed by atoms with Gasteiger partial charge in [0, 0.05) is 38.3 Å². The molecule has 0 aliphatic carbocycles. The number of nitrogens with one attached hydrogen (secondary N) is 1. The van der Waals surface area contributed by atoms with Crippen LogP contribution in [0.1, 0.15) is 60.0 Å². The van der Waals surface area contributed by atoms with E-state index in [0.717, 1.165) is 24.9 Å². The van der Waals surface area contributed by atoms with Gasteiger partial charge >= 0.3 is 0 Å². The highest BCUT2D eigenvalue weighted by Crippen LogP contribution is 2.23. The number of hydrogen-bond donors (Lipinski definition) is 2. The molecule has 30 heavy (non-hydrogen) atoms. The molecule has 0 fully saturated rings. The third kappa shape index (κ3) is 6.50. The van der Waals surface area contributed by atoms with E-state index in [2.05, 4.69) is 46.0 Å². The Morgan fingerprint density at radius 3 is 2.83 bits per heavy atom. The maximum Gasteiger partial charge on any atom is 0.208 e. The number of aromatic nitrogens is 3. The smallest absolute Gasteiger partial charge is 0.208 e. The highest BCUT2D eigenvalue weighted by atomic mass is 32.1. The van der Waals surface area contributed by atoms with Crippen molar-refractivity contribution in [1.82, 2.24) is 14.5 Å². The fraction of sp³-hybridized carbons (Fsp3) is 0.435. The molecule has 0 spiro atoms. The van der Waals surface area contributed by atoms with Crippen LogP contribution in [0.15, 0.2) is 42.4 Å². The average molecular weight is 429 g/mol. The Morgan fingerprint density at radius 1 is 1.37 bits per heavy atom. The van der Waals surface area contributed by atoms with Crippen molar-refractivity contribution in [3.8, 4) is 0 Å². The molecule has 6 nitrogen and oxygen atoms in total. The summed E-state index contributed by atoms with van der Waals surface area (Å²) >= 11 is 1.44. The van der Waals surface area contributed by atoms with E-state index in [1.807, 2.05) is 31.5 Å². The van der Waals surface area contributed by atoms with Crippen LogP contribution < -0.4 is 5.32 Å². The van der Waals surface area contributed by atoms with E-state index in [9.17, 15) is 9.90 Å². The number of anilines is 1. The number of rotatable bonds is 10. The van der Waals surface area contributed by atoms with Crippen molar-refractivity contribution in [3.63, 3.8) is 0 Å². The summed E-state index contributed by atoms with van der Waals surface area (Å²) in [6.07, 6.45) is 8.88. The summed E-state index contributed by atoms with van der Waals surface area (Å²) in [5, 5.41) is 14.6. The monoisotopic (exact) mass is 428 g/mol. The van der Waals surface area contributed by atoms with Gasteiger partial charge < -0.3 is 15.0 Å². The van der Waals surface area contributed by atoms with E-state index < -0.39 is 0 Å². The Hall–Kier alpha value is -2.51. The molecule has 3 heterocycles. The minimum atomic E-state index is -0.0720. The van der Waals surface area contributed by atoms with Crippen LogP contribution >= 0.6 is 11.3 Å². The zero-order valence-electron chi connectivity index (χ0n) is 18.3. The second-order valence-electron chi connectivity index (χ2n) is 6.97. The molecule has 0 saturated heterocycles. The molecule has 2 N–H and O–H groups in total. The fourth-order valence-electron chi connectivity index (χ4n) is 3.04. The fourth-order valence-corrected chi connectivity index (χ4v) is 3.89. The summed E-state index contributed by atoms with van der Waals surface area (Å²) in [7, 11) is 0. The number of ketones is 1. The van der Waals surface area contributed by atoms with Crippen molar-refractivity contribution in [1.29, 1.82) is 0 Å². The molecule has 1 atom stereocenters. The number of aryl methyl sites for hydroxylation is 1. The van der Waals surface area contributed by atoms with Gasteiger partial charge in [0.1, 0.15) is 12.1 Å². The first-order chi connectivity index (χ1) is 14.6. The van der Waals surface area contributed by atoms with Gasteiger partial charge in [-0.1, -0.05) is 27.2 Å². The molecule has 0 aliphatic rings. The minimum absolute atomic E-state index is 0.0720. The average Bonchev–Trinajstić information content (AvgIpc) is 3.41. The maximum atomic E-state index is 13.0. The van der Waals surface area contributed by atoms with Crippen molar-refractivity contribution in [3.05, 3.63) is 64.0 Å². The van der Waals surface area contributed by atoms with Gasteiger partial charge in [-0.15, -0.1) is 11.3 Å². The zero-order chi connectivity index (χ0) is 21.9. The van der Waals surface area contributed by atoms with Crippen LogP contribution in [0.3, 0.4) is 0 Å². The molecule has 0 amide bonds. The summed E-state index contributed by atoms with van der Waals surface area (Å²) in [6.45, 7) is 9.69. The van der Waals surface area contributed by atoms with E-state index in [4.69, 9.17) is 0 Å². The van der Waals surface area contributed by atoms with Gasteiger partial charge in [0.15, 0.2) is 0 Å². The Morgan fingerprint density at radius 2 is 2.17 bits per heavy atom. The first-order valence-corrected chi connectivity index (χ1v) is 11.4. The molecular formula is C23H32N4O2S.